The first-order chi connectivity index (χ1) is 13.8. The van der Waals surface area contributed by atoms with Crippen molar-refractivity contribution in [2.45, 2.75) is 37.8 Å². The van der Waals surface area contributed by atoms with Crippen molar-refractivity contribution in [1.82, 2.24) is 24.9 Å². The van der Waals surface area contributed by atoms with Gasteiger partial charge in [-0.3, -0.25) is 9.97 Å². The number of nitrogens with one attached hydrogen (secondary N) is 2. The number of aromatic amines is 1. The zero-order valence-corrected chi connectivity index (χ0v) is 15.7. The molecule has 0 atom stereocenters. The topological polar surface area (TPSA) is 88.6 Å². The molecule has 7 nitrogen and oxygen atoms in total. The molecule has 1 aromatic carbocycles. The molecule has 0 amide bonds. The summed E-state index contributed by atoms with van der Waals surface area (Å²) >= 11 is 0. The molecule has 1 fully saturated rings. The highest BCUT2D eigenvalue weighted by Crippen LogP contribution is 2.30. The molecule has 0 spiro atoms. The van der Waals surface area contributed by atoms with E-state index in [2.05, 4.69) is 36.3 Å². The number of fused-ring (bicyclic) bond motifs is 2. The maximum Gasteiger partial charge on any atom is 0.224 e. The molecule has 4 aromatic rings. The van der Waals surface area contributed by atoms with Gasteiger partial charge < -0.3 is 15.0 Å². The van der Waals surface area contributed by atoms with Gasteiger partial charge in [-0.1, -0.05) is 6.07 Å². The second-order valence-electron chi connectivity index (χ2n) is 7.27. The highest BCUT2D eigenvalue weighted by molar-refractivity contribution is 5.95. The van der Waals surface area contributed by atoms with Crippen molar-refractivity contribution in [3.63, 3.8) is 0 Å². The summed E-state index contributed by atoms with van der Waals surface area (Å²) in [4.78, 5) is 21.3. The summed E-state index contributed by atoms with van der Waals surface area (Å²) < 4.78 is 5.45. The van der Waals surface area contributed by atoms with Crippen LogP contribution < -0.4 is 5.32 Å². The van der Waals surface area contributed by atoms with Crippen molar-refractivity contribution in [2.75, 3.05) is 12.4 Å². The van der Waals surface area contributed by atoms with Gasteiger partial charge in [-0.2, -0.15) is 4.98 Å². The Labute approximate surface area is 162 Å². The molecule has 1 aliphatic rings. The lowest BCUT2D eigenvalue weighted by Gasteiger charge is -2.28. The van der Waals surface area contributed by atoms with E-state index in [0.29, 0.717) is 18.1 Å². The van der Waals surface area contributed by atoms with E-state index in [9.17, 15) is 0 Å². The third kappa shape index (κ3) is 3.18. The van der Waals surface area contributed by atoms with Gasteiger partial charge in [0.2, 0.25) is 5.95 Å². The number of benzene rings is 1. The normalized spacial score (nSPS) is 19.9. The minimum Gasteiger partial charge on any atom is -0.381 e. The fourth-order valence-corrected chi connectivity index (χ4v) is 3.97. The van der Waals surface area contributed by atoms with Gasteiger partial charge in [-0.25, -0.2) is 4.98 Å². The lowest BCUT2D eigenvalue weighted by atomic mass is 9.93. The molecule has 1 aliphatic carbocycles. The van der Waals surface area contributed by atoms with E-state index in [1.54, 1.807) is 19.5 Å². The highest BCUT2D eigenvalue weighted by atomic mass is 16.5. The zero-order valence-electron chi connectivity index (χ0n) is 15.7. The van der Waals surface area contributed by atoms with Crippen molar-refractivity contribution < 1.29 is 4.74 Å². The SMILES string of the molecule is COC1CCC(Nc2ncc3c(-c4ccc5nccnc5c4)c[nH]c3n2)CC1. The number of methoxy groups -OCH3 is 1. The number of anilines is 1. The fourth-order valence-electron chi connectivity index (χ4n) is 3.97. The Morgan fingerprint density at radius 3 is 2.68 bits per heavy atom. The Hall–Kier alpha value is -3.06. The summed E-state index contributed by atoms with van der Waals surface area (Å²) in [5, 5.41) is 4.47. The average Bonchev–Trinajstić information content (AvgIpc) is 3.17. The minimum absolute atomic E-state index is 0.388. The lowest BCUT2D eigenvalue weighted by Crippen LogP contribution is -2.29. The Balaban J connectivity index is 1.40. The predicted octanol–water partition coefficient (Wildman–Crippen LogP) is 3.94. The van der Waals surface area contributed by atoms with Crippen molar-refractivity contribution in [3.8, 4) is 11.1 Å². The van der Waals surface area contributed by atoms with Gasteiger partial charge in [-0.05, 0) is 43.4 Å². The summed E-state index contributed by atoms with van der Waals surface area (Å²) in [7, 11) is 1.79. The molecule has 1 saturated carbocycles. The van der Waals surface area contributed by atoms with Gasteiger partial charge in [0, 0.05) is 48.9 Å². The molecule has 7 heteroatoms. The van der Waals surface area contributed by atoms with Crippen LogP contribution in [0.25, 0.3) is 33.2 Å². The van der Waals surface area contributed by atoms with Crippen LogP contribution in [0.5, 0.6) is 0 Å². The van der Waals surface area contributed by atoms with Crippen molar-refractivity contribution >= 4 is 28.0 Å². The first-order valence-corrected chi connectivity index (χ1v) is 9.65. The van der Waals surface area contributed by atoms with Crippen LogP contribution in [0.2, 0.25) is 0 Å². The third-order valence-electron chi connectivity index (χ3n) is 5.55. The molecule has 3 heterocycles. The third-order valence-corrected chi connectivity index (χ3v) is 5.55. The van der Waals surface area contributed by atoms with Gasteiger partial charge >= 0.3 is 0 Å². The van der Waals surface area contributed by atoms with Gasteiger partial charge in [0.1, 0.15) is 5.65 Å². The number of aromatic nitrogens is 5. The van der Waals surface area contributed by atoms with Crippen molar-refractivity contribution in [3.05, 3.63) is 43.0 Å². The molecular weight excluding hydrogens is 352 g/mol. The Morgan fingerprint density at radius 2 is 1.86 bits per heavy atom. The van der Waals surface area contributed by atoms with Crippen molar-refractivity contribution in [2.24, 2.45) is 0 Å². The van der Waals surface area contributed by atoms with E-state index in [1.807, 2.05) is 24.5 Å². The summed E-state index contributed by atoms with van der Waals surface area (Å²) in [6.45, 7) is 0. The summed E-state index contributed by atoms with van der Waals surface area (Å²) in [6, 6.07) is 6.49. The van der Waals surface area contributed by atoms with Gasteiger partial charge in [-0.15, -0.1) is 0 Å². The van der Waals surface area contributed by atoms with E-state index in [-0.39, 0.29) is 0 Å². The number of H-pyrrole nitrogens is 1. The summed E-state index contributed by atoms with van der Waals surface area (Å²) in [5.41, 5.74) is 4.73. The number of nitrogens with zero attached hydrogens (tertiary/aromatic N) is 4. The second-order valence-corrected chi connectivity index (χ2v) is 7.27. The van der Waals surface area contributed by atoms with Crippen LogP contribution in [0.1, 0.15) is 25.7 Å². The number of hydrogen-bond acceptors (Lipinski definition) is 6. The first-order valence-electron chi connectivity index (χ1n) is 9.65. The molecule has 0 aliphatic heterocycles. The number of rotatable bonds is 4. The minimum atomic E-state index is 0.388. The smallest absolute Gasteiger partial charge is 0.224 e. The van der Waals surface area contributed by atoms with Gasteiger partial charge in [0.05, 0.1) is 17.1 Å². The number of ether oxygens (including phenoxy) is 1. The highest BCUT2D eigenvalue weighted by Gasteiger charge is 2.21. The van der Waals surface area contributed by atoms with Crippen LogP contribution in [0.4, 0.5) is 5.95 Å². The maximum absolute atomic E-state index is 5.45. The van der Waals surface area contributed by atoms with Crippen LogP contribution in [-0.2, 0) is 4.74 Å². The average molecular weight is 374 g/mol. The predicted molar refractivity (Wildman–Crippen MR) is 109 cm³/mol. The second kappa shape index (κ2) is 7.16. The molecule has 142 valence electrons. The molecule has 0 bridgehead atoms. The molecule has 5 rings (SSSR count). The molecule has 0 saturated heterocycles. The first kappa shape index (κ1) is 17.1. The summed E-state index contributed by atoms with van der Waals surface area (Å²) in [5.74, 6) is 0.672. The molecule has 0 unspecified atom stereocenters. The summed E-state index contributed by atoms with van der Waals surface area (Å²) in [6.07, 6.45) is 12.0. The molecule has 0 radical (unpaired) electrons. The fraction of sp³-hybridized carbons (Fsp3) is 0.333. The largest absolute Gasteiger partial charge is 0.381 e. The van der Waals surface area contributed by atoms with Crippen LogP contribution >= 0.6 is 0 Å². The standard InChI is InChI=1S/C21H22N6O/c1-28-15-5-3-14(4-6-15)26-21-25-12-17-16(11-24-20(17)27-21)13-2-7-18-19(10-13)23-9-8-22-18/h2,7-12,14-15H,3-6H2,1H3,(H2,24,25,26,27). The maximum atomic E-state index is 5.45. The molecule has 28 heavy (non-hydrogen) atoms. The van der Waals surface area contributed by atoms with E-state index in [1.165, 1.54) is 0 Å². The molecule has 2 N–H and O–H groups in total. The van der Waals surface area contributed by atoms with Crippen LogP contribution in [0, 0.1) is 0 Å². The van der Waals surface area contributed by atoms with E-state index in [0.717, 1.165) is 58.9 Å². The van der Waals surface area contributed by atoms with E-state index < -0.39 is 0 Å². The van der Waals surface area contributed by atoms with Crippen LogP contribution in [0.3, 0.4) is 0 Å². The van der Waals surface area contributed by atoms with Crippen LogP contribution in [0.15, 0.2) is 43.0 Å². The Kier molecular flexibility index (Phi) is 4.37. The van der Waals surface area contributed by atoms with Crippen LogP contribution in [-0.4, -0.2) is 44.2 Å². The van der Waals surface area contributed by atoms with Gasteiger partial charge in [0.25, 0.3) is 0 Å². The van der Waals surface area contributed by atoms with Gasteiger partial charge in [0.15, 0.2) is 0 Å². The number of hydrogen-bond donors (Lipinski definition) is 2. The lowest BCUT2D eigenvalue weighted by molar-refractivity contribution is 0.0681. The molecular formula is C21H22N6O. The van der Waals surface area contributed by atoms with E-state index >= 15 is 0 Å². The Morgan fingerprint density at radius 1 is 1.04 bits per heavy atom. The Bertz CT molecular complexity index is 1120. The van der Waals surface area contributed by atoms with Crippen molar-refractivity contribution in [1.29, 1.82) is 0 Å². The quantitative estimate of drug-likeness (QED) is 0.562. The zero-order chi connectivity index (χ0) is 18.9. The monoisotopic (exact) mass is 374 g/mol. The molecule has 3 aromatic heterocycles. The van der Waals surface area contributed by atoms with E-state index in [4.69, 9.17) is 4.74 Å².